The fourth-order valence-electron chi connectivity index (χ4n) is 4.04. The lowest BCUT2D eigenvalue weighted by molar-refractivity contribution is -0.385. The van der Waals surface area contributed by atoms with Gasteiger partial charge in [0.1, 0.15) is 12.0 Å². The van der Waals surface area contributed by atoms with Gasteiger partial charge in [-0.1, -0.05) is 19.3 Å². The van der Waals surface area contributed by atoms with Crippen molar-refractivity contribution in [3.63, 3.8) is 0 Å². The molecule has 1 saturated heterocycles. The minimum atomic E-state index is -0.710. The largest absolute Gasteiger partial charge is 0.367 e. The quantitative estimate of drug-likeness (QED) is 0.594. The number of carbonyl (C=O) groups is 1. The number of carbonyl (C=O) groups excluding carboxylic acids is 1. The van der Waals surface area contributed by atoms with Gasteiger partial charge in [-0.05, 0) is 31.6 Å². The highest BCUT2D eigenvalue weighted by Gasteiger charge is 2.24. The average molecular weight is 361 g/mol. The van der Waals surface area contributed by atoms with Gasteiger partial charge in [0.25, 0.3) is 11.6 Å². The van der Waals surface area contributed by atoms with Crippen LogP contribution in [0.2, 0.25) is 0 Å². The first-order valence-electron chi connectivity index (χ1n) is 9.46. The van der Waals surface area contributed by atoms with Gasteiger partial charge in [-0.25, -0.2) is 4.98 Å². The first kappa shape index (κ1) is 18.6. The van der Waals surface area contributed by atoms with Crippen LogP contribution in [-0.2, 0) is 0 Å². The Labute approximate surface area is 153 Å². The fourth-order valence-corrected chi connectivity index (χ4v) is 4.04. The molecule has 2 aliphatic rings. The molecule has 3 rings (SSSR count). The number of nitrogens with one attached hydrogen (secondary N) is 1. The van der Waals surface area contributed by atoms with E-state index < -0.39 is 10.8 Å². The van der Waals surface area contributed by atoms with Crippen LogP contribution in [-0.4, -0.2) is 46.4 Å². The molecule has 1 aromatic heterocycles. The molecule has 26 heavy (non-hydrogen) atoms. The highest BCUT2D eigenvalue weighted by Crippen LogP contribution is 2.26. The number of nitro groups is 1. The number of hydrogen-bond acceptors (Lipinski definition) is 6. The maximum atomic E-state index is 11.6. The van der Waals surface area contributed by atoms with E-state index in [0.717, 1.165) is 38.0 Å². The Hall–Kier alpha value is -2.22. The Bertz CT molecular complexity index is 652. The van der Waals surface area contributed by atoms with Crippen molar-refractivity contribution >= 4 is 17.4 Å². The number of amides is 1. The standard InChI is InChI=1S/C18H27N5O3/c19-17(24)16-10-15(23(25)26)11-20-18(16)21-14-6-8-22(9-7-14)12-13-4-2-1-3-5-13/h10-11,13-14H,1-9,12H2,(H2,19,24)(H,20,21). The topological polar surface area (TPSA) is 114 Å². The van der Waals surface area contributed by atoms with Crippen molar-refractivity contribution in [1.29, 1.82) is 0 Å². The van der Waals surface area contributed by atoms with E-state index in [2.05, 4.69) is 15.2 Å². The minimum absolute atomic E-state index is 0.0730. The maximum Gasteiger partial charge on any atom is 0.288 e. The second-order valence-electron chi connectivity index (χ2n) is 7.43. The van der Waals surface area contributed by atoms with Gasteiger partial charge in [-0.2, -0.15) is 0 Å². The van der Waals surface area contributed by atoms with E-state index in [1.807, 2.05) is 0 Å². The number of aromatic nitrogens is 1. The number of likely N-dealkylation sites (tertiary alicyclic amines) is 1. The molecular weight excluding hydrogens is 334 g/mol. The smallest absolute Gasteiger partial charge is 0.288 e. The van der Waals surface area contributed by atoms with E-state index in [9.17, 15) is 14.9 Å². The number of pyridine rings is 1. The zero-order chi connectivity index (χ0) is 18.5. The Morgan fingerprint density at radius 1 is 1.27 bits per heavy atom. The SMILES string of the molecule is NC(=O)c1cc([N+](=O)[O-])cnc1NC1CCN(CC2CCCCC2)CC1. The molecule has 142 valence electrons. The monoisotopic (exact) mass is 361 g/mol. The lowest BCUT2D eigenvalue weighted by Crippen LogP contribution is -2.41. The lowest BCUT2D eigenvalue weighted by atomic mass is 9.88. The number of piperidine rings is 1. The molecule has 0 bridgehead atoms. The molecule has 0 spiro atoms. The molecular formula is C18H27N5O3. The van der Waals surface area contributed by atoms with Crippen LogP contribution in [0.25, 0.3) is 0 Å². The summed E-state index contributed by atoms with van der Waals surface area (Å²) in [5, 5.41) is 14.1. The molecule has 0 aromatic carbocycles. The summed E-state index contributed by atoms with van der Waals surface area (Å²) in [7, 11) is 0. The second-order valence-corrected chi connectivity index (χ2v) is 7.43. The molecule has 8 heteroatoms. The van der Waals surface area contributed by atoms with Crippen LogP contribution < -0.4 is 11.1 Å². The summed E-state index contributed by atoms with van der Waals surface area (Å²) in [6.07, 6.45) is 9.90. The number of nitrogens with zero attached hydrogens (tertiary/aromatic N) is 3. The molecule has 0 atom stereocenters. The van der Waals surface area contributed by atoms with E-state index in [1.165, 1.54) is 44.7 Å². The van der Waals surface area contributed by atoms with Crippen LogP contribution in [0.5, 0.6) is 0 Å². The van der Waals surface area contributed by atoms with Gasteiger partial charge in [-0.15, -0.1) is 0 Å². The highest BCUT2D eigenvalue weighted by molar-refractivity contribution is 5.98. The molecule has 1 saturated carbocycles. The molecule has 0 radical (unpaired) electrons. The maximum absolute atomic E-state index is 11.6. The van der Waals surface area contributed by atoms with Crippen LogP contribution in [0.1, 0.15) is 55.3 Å². The van der Waals surface area contributed by atoms with E-state index >= 15 is 0 Å². The van der Waals surface area contributed by atoms with Crippen LogP contribution in [0, 0.1) is 16.0 Å². The van der Waals surface area contributed by atoms with Crippen LogP contribution in [0.15, 0.2) is 12.3 Å². The highest BCUT2D eigenvalue weighted by atomic mass is 16.6. The summed E-state index contributed by atoms with van der Waals surface area (Å²) in [5.41, 5.74) is 5.21. The summed E-state index contributed by atoms with van der Waals surface area (Å²) in [6.45, 7) is 3.23. The number of rotatable bonds is 6. The Balaban J connectivity index is 1.55. The van der Waals surface area contributed by atoms with Gasteiger partial charge in [0.15, 0.2) is 0 Å². The van der Waals surface area contributed by atoms with Crippen LogP contribution in [0.4, 0.5) is 11.5 Å². The van der Waals surface area contributed by atoms with Gasteiger partial charge in [0.05, 0.1) is 10.5 Å². The van der Waals surface area contributed by atoms with E-state index in [4.69, 9.17) is 5.73 Å². The van der Waals surface area contributed by atoms with E-state index in [0.29, 0.717) is 5.82 Å². The third-order valence-electron chi connectivity index (χ3n) is 5.52. The molecule has 1 aliphatic carbocycles. The van der Waals surface area contributed by atoms with Gasteiger partial charge in [0, 0.05) is 31.7 Å². The zero-order valence-electron chi connectivity index (χ0n) is 15.0. The summed E-state index contributed by atoms with van der Waals surface area (Å²) in [4.78, 5) is 28.5. The van der Waals surface area contributed by atoms with E-state index in [1.54, 1.807) is 0 Å². The van der Waals surface area contributed by atoms with Crippen LogP contribution in [0.3, 0.4) is 0 Å². The molecule has 2 heterocycles. The number of nitrogens with two attached hydrogens (primary N) is 1. The first-order chi connectivity index (χ1) is 12.5. The number of hydrogen-bond donors (Lipinski definition) is 2. The summed E-state index contributed by atoms with van der Waals surface area (Å²) < 4.78 is 0. The zero-order valence-corrected chi connectivity index (χ0v) is 15.0. The third kappa shape index (κ3) is 4.69. The predicted octanol–water partition coefficient (Wildman–Crippen LogP) is 2.55. The minimum Gasteiger partial charge on any atom is -0.367 e. The van der Waals surface area contributed by atoms with E-state index in [-0.39, 0.29) is 17.3 Å². The molecule has 1 amide bonds. The summed E-state index contributed by atoms with van der Waals surface area (Å²) in [6, 6.07) is 1.39. The summed E-state index contributed by atoms with van der Waals surface area (Å²) >= 11 is 0. The molecule has 2 fully saturated rings. The molecule has 8 nitrogen and oxygen atoms in total. The average Bonchev–Trinajstić information content (AvgIpc) is 2.64. The van der Waals surface area contributed by atoms with Crippen LogP contribution >= 0.6 is 0 Å². The summed E-state index contributed by atoms with van der Waals surface area (Å²) in [5.74, 6) is 0.471. The number of primary amides is 1. The normalized spacial score (nSPS) is 20.0. The van der Waals surface area contributed by atoms with Gasteiger partial charge in [-0.3, -0.25) is 14.9 Å². The Morgan fingerprint density at radius 2 is 1.96 bits per heavy atom. The van der Waals surface area contributed by atoms with Gasteiger partial charge < -0.3 is 16.0 Å². The van der Waals surface area contributed by atoms with Crippen molar-refractivity contribution in [2.24, 2.45) is 11.7 Å². The molecule has 0 unspecified atom stereocenters. The Morgan fingerprint density at radius 3 is 2.58 bits per heavy atom. The van der Waals surface area contributed by atoms with Gasteiger partial charge in [0.2, 0.25) is 0 Å². The van der Waals surface area contributed by atoms with Crippen molar-refractivity contribution in [3.8, 4) is 0 Å². The lowest BCUT2D eigenvalue weighted by Gasteiger charge is -2.35. The predicted molar refractivity (Wildman–Crippen MR) is 99.1 cm³/mol. The van der Waals surface area contributed by atoms with Gasteiger partial charge >= 0.3 is 0 Å². The third-order valence-corrected chi connectivity index (χ3v) is 5.52. The van der Waals surface area contributed by atoms with Crippen molar-refractivity contribution < 1.29 is 9.72 Å². The van der Waals surface area contributed by atoms with Crippen molar-refractivity contribution in [1.82, 2.24) is 9.88 Å². The molecule has 1 aliphatic heterocycles. The second kappa shape index (κ2) is 8.44. The Kier molecular flexibility index (Phi) is 6.03. The van der Waals surface area contributed by atoms with Crippen molar-refractivity contribution in [2.45, 2.75) is 51.0 Å². The first-order valence-corrected chi connectivity index (χ1v) is 9.46. The molecule has 1 aromatic rings. The van der Waals surface area contributed by atoms with Crippen molar-refractivity contribution in [2.75, 3.05) is 25.0 Å². The molecule has 3 N–H and O–H groups in total. The fraction of sp³-hybridized carbons (Fsp3) is 0.667. The number of anilines is 1. The van der Waals surface area contributed by atoms with Crippen molar-refractivity contribution in [3.05, 3.63) is 27.9 Å².